The lowest BCUT2D eigenvalue weighted by Crippen LogP contribution is -1.86. The monoisotopic (exact) mass is 778 g/mol. The second-order valence-electron chi connectivity index (χ2n) is 10.2. The Morgan fingerprint density at radius 2 is 0.787 bits per heavy atom. The maximum absolute atomic E-state index is 4.84. The van der Waals surface area contributed by atoms with Crippen molar-refractivity contribution < 1.29 is 5.48 Å². The zero-order valence-corrected chi connectivity index (χ0v) is 29.7. The zero-order valence-electron chi connectivity index (χ0n) is 24.9. The van der Waals surface area contributed by atoms with E-state index in [1.54, 1.807) is 23.5 Å². The first kappa shape index (κ1) is 32.8. The summed E-state index contributed by atoms with van der Waals surface area (Å²) < 4.78 is 6.44. The van der Waals surface area contributed by atoms with Crippen molar-refractivity contribution in [3.05, 3.63) is 167 Å². The van der Waals surface area contributed by atoms with Crippen LogP contribution in [-0.2, 0) is 0 Å². The molecular formula is C38H28Br2N4OS2. The standard InChI is InChI=1S/2C19H13BrN2S.H2O/c2*20-15-11-9-14(10-12-15)18-19(23-16-6-2-1-3-7-16)22-13-5-4-8-17(22)21-18;/h2*1-13H;1H2. The fourth-order valence-electron chi connectivity index (χ4n) is 4.93. The van der Waals surface area contributed by atoms with Gasteiger partial charge >= 0.3 is 0 Å². The summed E-state index contributed by atoms with van der Waals surface area (Å²) in [7, 11) is 0. The number of aromatic nitrogens is 4. The van der Waals surface area contributed by atoms with Crippen LogP contribution in [0, 0.1) is 0 Å². The molecule has 5 nitrogen and oxygen atoms in total. The third-order valence-corrected chi connectivity index (χ3v) is 10.4. The highest BCUT2D eigenvalue weighted by Gasteiger charge is 2.16. The van der Waals surface area contributed by atoms with Crippen LogP contribution in [0.25, 0.3) is 33.8 Å². The molecule has 4 heterocycles. The average molecular weight is 781 g/mol. The molecule has 0 saturated heterocycles. The Labute approximate surface area is 298 Å². The van der Waals surface area contributed by atoms with Gasteiger partial charge in [0, 0.05) is 42.3 Å². The smallest absolute Gasteiger partial charge is 0.138 e. The largest absolute Gasteiger partial charge is 0.412 e. The van der Waals surface area contributed by atoms with E-state index >= 15 is 0 Å². The summed E-state index contributed by atoms with van der Waals surface area (Å²) in [6.07, 6.45) is 4.13. The first-order valence-electron chi connectivity index (χ1n) is 14.5. The fourth-order valence-corrected chi connectivity index (χ4v) is 7.52. The molecule has 0 unspecified atom stereocenters. The first-order chi connectivity index (χ1) is 22.6. The van der Waals surface area contributed by atoms with E-state index in [-0.39, 0.29) is 5.48 Å². The Kier molecular flexibility index (Phi) is 10.6. The van der Waals surface area contributed by atoms with E-state index in [1.807, 2.05) is 48.5 Å². The lowest BCUT2D eigenvalue weighted by Gasteiger charge is -2.05. The number of nitrogens with zero attached hydrogens (tertiary/aromatic N) is 4. The van der Waals surface area contributed by atoms with Crippen molar-refractivity contribution >= 4 is 66.7 Å². The molecule has 9 heteroatoms. The van der Waals surface area contributed by atoms with Gasteiger partial charge in [-0.25, -0.2) is 9.97 Å². The molecule has 232 valence electrons. The van der Waals surface area contributed by atoms with Crippen LogP contribution in [0.2, 0.25) is 0 Å². The van der Waals surface area contributed by atoms with Crippen molar-refractivity contribution in [3.63, 3.8) is 0 Å². The minimum atomic E-state index is 0. The van der Waals surface area contributed by atoms with E-state index in [2.05, 4.69) is 150 Å². The van der Waals surface area contributed by atoms with E-state index < -0.39 is 0 Å². The lowest BCUT2D eigenvalue weighted by molar-refractivity contribution is 0.824. The molecular weight excluding hydrogens is 752 g/mol. The Bertz CT molecular complexity index is 2060. The van der Waals surface area contributed by atoms with Crippen LogP contribution in [-0.4, -0.2) is 24.2 Å². The molecule has 0 aliphatic carbocycles. The van der Waals surface area contributed by atoms with Gasteiger partial charge in [0.1, 0.15) is 32.7 Å². The summed E-state index contributed by atoms with van der Waals surface area (Å²) in [6, 6.07) is 49.6. The normalized spacial score (nSPS) is 10.8. The zero-order chi connectivity index (χ0) is 31.3. The Morgan fingerprint density at radius 3 is 1.17 bits per heavy atom. The quantitative estimate of drug-likeness (QED) is 0.169. The van der Waals surface area contributed by atoms with E-state index in [0.717, 1.165) is 52.8 Å². The molecule has 0 atom stereocenters. The van der Waals surface area contributed by atoms with Crippen molar-refractivity contribution in [1.82, 2.24) is 18.8 Å². The van der Waals surface area contributed by atoms with Gasteiger partial charge in [-0.3, -0.25) is 8.80 Å². The molecule has 0 aliphatic heterocycles. The van der Waals surface area contributed by atoms with Gasteiger partial charge < -0.3 is 5.48 Å². The van der Waals surface area contributed by atoms with Crippen LogP contribution < -0.4 is 0 Å². The van der Waals surface area contributed by atoms with E-state index in [4.69, 9.17) is 9.97 Å². The minimum absolute atomic E-state index is 0. The third-order valence-electron chi connectivity index (χ3n) is 7.12. The van der Waals surface area contributed by atoms with Crippen molar-refractivity contribution in [3.8, 4) is 22.5 Å². The Morgan fingerprint density at radius 1 is 0.426 bits per heavy atom. The Hall–Kier alpha value is -4.12. The van der Waals surface area contributed by atoms with Gasteiger partial charge in [-0.2, -0.15) is 0 Å². The van der Waals surface area contributed by atoms with Crippen molar-refractivity contribution in [2.45, 2.75) is 19.8 Å². The van der Waals surface area contributed by atoms with Crippen molar-refractivity contribution in [1.29, 1.82) is 0 Å². The van der Waals surface area contributed by atoms with Crippen LogP contribution in [0.15, 0.2) is 187 Å². The predicted octanol–water partition coefficient (Wildman–Crippen LogP) is 11.0. The minimum Gasteiger partial charge on any atom is -0.412 e. The van der Waals surface area contributed by atoms with Crippen LogP contribution in [0.4, 0.5) is 0 Å². The third kappa shape index (κ3) is 7.56. The van der Waals surface area contributed by atoms with Crippen LogP contribution in [0.3, 0.4) is 0 Å². The van der Waals surface area contributed by atoms with Gasteiger partial charge in [-0.05, 0) is 72.8 Å². The van der Waals surface area contributed by atoms with Gasteiger partial charge in [0.2, 0.25) is 0 Å². The predicted molar refractivity (Wildman–Crippen MR) is 201 cm³/mol. The van der Waals surface area contributed by atoms with Crippen LogP contribution >= 0.6 is 55.4 Å². The van der Waals surface area contributed by atoms with Gasteiger partial charge in [-0.15, -0.1) is 0 Å². The Balaban J connectivity index is 0.000000161. The van der Waals surface area contributed by atoms with Gasteiger partial charge in [0.15, 0.2) is 0 Å². The molecule has 47 heavy (non-hydrogen) atoms. The molecule has 4 aromatic carbocycles. The number of imidazole rings is 2. The van der Waals surface area contributed by atoms with Gasteiger partial charge in [-0.1, -0.05) is 128 Å². The van der Waals surface area contributed by atoms with Gasteiger partial charge in [0.05, 0.1) is 0 Å². The summed E-state index contributed by atoms with van der Waals surface area (Å²) in [5.41, 5.74) is 6.19. The molecule has 0 saturated carbocycles. The molecule has 4 aromatic heterocycles. The van der Waals surface area contributed by atoms with Crippen molar-refractivity contribution in [2.24, 2.45) is 0 Å². The SMILES string of the molecule is Brc1ccc(-c2nc3ccccn3c2Sc2ccccc2)cc1.Brc1ccc(-c2nc3ccccn3c2Sc2ccccc2)cc1.O. The second kappa shape index (κ2) is 15.2. The average Bonchev–Trinajstić information content (AvgIpc) is 3.65. The number of rotatable bonds is 6. The molecule has 0 fully saturated rings. The number of hydrogen-bond acceptors (Lipinski definition) is 4. The van der Waals surface area contributed by atoms with Crippen LogP contribution in [0.5, 0.6) is 0 Å². The summed E-state index contributed by atoms with van der Waals surface area (Å²) in [5, 5.41) is 2.27. The number of hydrogen-bond donors (Lipinski definition) is 0. The maximum Gasteiger partial charge on any atom is 0.138 e. The second-order valence-corrected chi connectivity index (χ2v) is 14.2. The fraction of sp³-hybridized carbons (Fsp3) is 0. The molecule has 8 aromatic rings. The number of pyridine rings is 2. The molecule has 0 spiro atoms. The molecule has 0 aliphatic rings. The first-order valence-corrected chi connectivity index (χ1v) is 17.8. The number of fused-ring (bicyclic) bond motifs is 2. The molecule has 0 radical (unpaired) electrons. The molecule has 2 N–H and O–H groups in total. The summed E-state index contributed by atoms with van der Waals surface area (Å²) in [6.45, 7) is 0. The van der Waals surface area contributed by atoms with Crippen molar-refractivity contribution in [2.75, 3.05) is 0 Å². The number of halogens is 2. The van der Waals surface area contributed by atoms with E-state index in [0.29, 0.717) is 0 Å². The maximum atomic E-state index is 4.84. The molecule has 8 rings (SSSR count). The highest BCUT2D eigenvalue weighted by Crippen LogP contribution is 2.38. The summed E-state index contributed by atoms with van der Waals surface area (Å²) >= 11 is 10.5. The van der Waals surface area contributed by atoms with E-state index in [1.165, 1.54) is 9.79 Å². The summed E-state index contributed by atoms with van der Waals surface area (Å²) in [4.78, 5) is 12.1. The molecule has 0 amide bonds. The van der Waals surface area contributed by atoms with Crippen LogP contribution in [0.1, 0.15) is 0 Å². The molecule has 0 bridgehead atoms. The van der Waals surface area contributed by atoms with E-state index in [9.17, 15) is 0 Å². The number of benzene rings is 4. The lowest BCUT2D eigenvalue weighted by atomic mass is 10.2. The topological polar surface area (TPSA) is 66.1 Å². The highest BCUT2D eigenvalue weighted by molar-refractivity contribution is 9.10. The van der Waals surface area contributed by atoms with Gasteiger partial charge in [0.25, 0.3) is 0 Å². The summed E-state index contributed by atoms with van der Waals surface area (Å²) in [5.74, 6) is 0. The highest BCUT2D eigenvalue weighted by atomic mass is 79.9.